The number of amides is 1. The Morgan fingerprint density at radius 2 is 1.92 bits per heavy atom. The van der Waals surface area contributed by atoms with E-state index in [4.69, 9.17) is 23.2 Å². The van der Waals surface area contributed by atoms with Crippen LogP contribution in [0.3, 0.4) is 0 Å². The van der Waals surface area contributed by atoms with E-state index >= 15 is 0 Å². The Bertz CT molecular complexity index is 926. The maximum Gasteiger partial charge on any atom is 0.229 e. The first-order chi connectivity index (χ1) is 12.1. The molecule has 0 spiro atoms. The van der Waals surface area contributed by atoms with Crippen LogP contribution in [-0.2, 0) is 4.79 Å². The van der Waals surface area contributed by atoms with Gasteiger partial charge in [0.1, 0.15) is 0 Å². The molecule has 1 aliphatic rings. The first-order valence-corrected chi connectivity index (χ1v) is 9.52. The van der Waals surface area contributed by atoms with Crippen LogP contribution in [0.25, 0.3) is 11.3 Å². The Balaban J connectivity index is 1.43. The van der Waals surface area contributed by atoms with Gasteiger partial charge in [0.05, 0.1) is 15.7 Å². The molecule has 1 aromatic heterocycles. The zero-order chi connectivity index (χ0) is 17.4. The fourth-order valence-electron chi connectivity index (χ4n) is 2.87. The normalized spacial score (nSPS) is 18.8. The summed E-state index contributed by atoms with van der Waals surface area (Å²) in [6.45, 7) is 0. The molecule has 4 rings (SSSR count). The lowest BCUT2D eigenvalue weighted by Crippen LogP contribution is -2.14. The van der Waals surface area contributed by atoms with Gasteiger partial charge < -0.3 is 5.32 Å². The van der Waals surface area contributed by atoms with Crippen molar-refractivity contribution in [3.05, 3.63) is 69.5 Å². The van der Waals surface area contributed by atoms with Crippen molar-refractivity contribution >= 4 is 45.6 Å². The summed E-state index contributed by atoms with van der Waals surface area (Å²) in [5.41, 5.74) is 2.87. The van der Waals surface area contributed by atoms with Gasteiger partial charge in [-0.05, 0) is 30.0 Å². The molecule has 25 heavy (non-hydrogen) atoms. The quantitative estimate of drug-likeness (QED) is 0.607. The average Bonchev–Trinajstić information content (AvgIpc) is 3.31. The van der Waals surface area contributed by atoms with Crippen molar-refractivity contribution in [2.45, 2.75) is 12.3 Å². The molecule has 0 saturated heterocycles. The van der Waals surface area contributed by atoms with Gasteiger partial charge in [-0.25, -0.2) is 4.98 Å². The summed E-state index contributed by atoms with van der Waals surface area (Å²) < 4.78 is 0. The molecule has 1 N–H and O–H groups in total. The van der Waals surface area contributed by atoms with Gasteiger partial charge in [0.2, 0.25) is 5.91 Å². The third-order valence-electron chi connectivity index (χ3n) is 4.30. The molecule has 1 amide bonds. The number of aromatic nitrogens is 1. The Kier molecular flexibility index (Phi) is 4.50. The Morgan fingerprint density at radius 3 is 2.68 bits per heavy atom. The van der Waals surface area contributed by atoms with Gasteiger partial charge in [-0.1, -0.05) is 59.6 Å². The van der Waals surface area contributed by atoms with E-state index in [1.54, 1.807) is 12.1 Å². The van der Waals surface area contributed by atoms with Crippen LogP contribution in [0, 0.1) is 5.92 Å². The first kappa shape index (κ1) is 16.6. The second-order valence-electron chi connectivity index (χ2n) is 6.02. The van der Waals surface area contributed by atoms with Crippen molar-refractivity contribution in [2.24, 2.45) is 5.92 Å². The lowest BCUT2D eigenvalue weighted by molar-refractivity contribution is -0.117. The van der Waals surface area contributed by atoms with E-state index in [2.05, 4.69) is 22.4 Å². The predicted molar refractivity (Wildman–Crippen MR) is 103 cm³/mol. The Labute approximate surface area is 159 Å². The fourth-order valence-corrected chi connectivity index (χ4v) is 3.89. The summed E-state index contributed by atoms with van der Waals surface area (Å²) >= 11 is 13.4. The van der Waals surface area contributed by atoms with Gasteiger partial charge in [0.15, 0.2) is 5.13 Å². The third-order valence-corrected chi connectivity index (χ3v) is 5.80. The number of carbonyl (C=O) groups is 1. The molecule has 1 aliphatic carbocycles. The number of hydrogen-bond donors (Lipinski definition) is 1. The fraction of sp³-hybridized carbons (Fsp3) is 0.158. The van der Waals surface area contributed by atoms with E-state index in [0.717, 1.165) is 17.7 Å². The highest BCUT2D eigenvalue weighted by Gasteiger charge is 2.44. The lowest BCUT2D eigenvalue weighted by Gasteiger charge is -2.02. The van der Waals surface area contributed by atoms with E-state index in [1.165, 1.54) is 16.9 Å². The number of anilines is 1. The number of carbonyl (C=O) groups excluding carboxylic acids is 1. The van der Waals surface area contributed by atoms with Crippen molar-refractivity contribution in [3.63, 3.8) is 0 Å². The minimum Gasteiger partial charge on any atom is -0.302 e. The largest absolute Gasteiger partial charge is 0.302 e. The number of benzene rings is 2. The van der Waals surface area contributed by atoms with Crippen LogP contribution in [0.2, 0.25) is 10.0 Å². The minimum absolute atomic E-state index is 0.0275. The molecule has 0 aliphatic heterocycles. The van der Waals surface area contributed by atoms with Crippen molar-refractivity contribution in [2.75, 3.05) is 5.32 Å². The summed E-state index contributed by atoms with van der Waals surface area (Å²) in [5, 5.41) is 6.43. The average molecular weight is 389 g/mol. The topological polar surface area (TPSA) is 42.0 Å². The number of rotatable bonds is 4. The van der Waals surface area contributed by atoms with Crippen LogP contribution < -0.4 is 5.32 Å². The number of hydrogen-bond acceptors (Lipinski definition) is 3. The molecule has 0 unspecified atom stereocenters. The second kappa shape index (κ2) is 6.79. The van der Waals surface area contributed by atoms with Crippen LogP contribution in [0.4, 0.5) is 5.13 Å². The zero-order valence-electron chi connectivity index (χ0n) is 13.1. The van der Waals surface area contributed by atoms with E-state index in [0.29, 0.717) is 21.1 Å². The zero-order valence-corrected chi connectivity index (χ0v) is 15.4. The van der Waals surface area contributed by atoms with Gasteiger partial charge in [0.25, 0.3) is 0 Å². The summed E-state index contributed by atoms with van der Waals surface area (Å²) in [6.07, 6.45) is 0.890. The molecule has 0 bridgehead atoms. The Morgan fingerprint density at radius 1 is 1.12 bits per heavy atom. The van der Waals surface area contributed by atoms with Crippen LogP contribution in [0.5, 0.6) is 0 Å². The molecule has 2 atom stereocenters. The molecule has 1 heterocycles. The van der Waals surface area contributed by atoms with Crippen LogP contribution in [0.1, 0.15) is 17.9 Å². The molecule has 1 fully saturated rings. The lowest BCUT2D eigenvalue weighted by atomic mass is 10.1. The highest BCUT2D eigenvalue weighted by Crippen LogP contribution is 2.48. The van der Waals surface area contributed by atoms with Crippen molar-refractivity contribution in [1.82, 2.24) is 4.98 Å². The van der Waals surface area contributed by atoms with Gasteiger partial charge in [-0.3, -0.25) is 4.79 Å². The van der Waals surface area contributed by atoms with E-state index in [-0.39, 0.29) is 11.8 Å². The SMILES string of the molecule is O=C(Nc1nc(-c2ccc(Cl)c(Cl)c2)cs1)[C@@H]1C[C@@H]1c1ccccc1. The highest BCUT2D eigenvalue weighted by atomic mass is 35.5. The highest BCUT2D eigenvalue weighted by molar-refractivity contribution is 7.14. The second-order valence-corrected chi connectivity index (χ2v) is 7.69. The molecule has 126 valence electrons. The maximum atomic E-state index is 12.4. The van der Waals surface area contributed by atoms with Crippen LogP contribution in [-0.4, -0.2) is 10.9 Å². The standard InChI is InChI=1S/C19H14Cl2N2OS/c20-15-7-6-12(8-16(15)21)17-10-25-19(22-17)23-18(24)14-9-13(14)11-4-2-1-3-5-11/h1-8,10,13-14H,9H2,(H,22,23,24)/t13-,14-/m1/s1. The van der Waals surface area contributed by atoms with E-state index in [9.17, 15) is 4.79 Å². The molecule has 6 heteroatoms. The molecule has 3 nitrogen and oxygen atoms in total. The van der Waals surface area contributed by atoms with E-state index < -0.39 is 0 Å². The minimum atomic E-state index is 0.0275. The Hall–Kier alpha value is -1.88. The van der Waals surface area contributed by atoms with Crippen molar-refractivity contribution in [3.8, 4) is 11.3 Å². The summed E-state index contributed by atoms with van der Waals surface area (Å²) in [4.78, 5) is 16.9. The van der Waals surface area contributed by atoms with Gasteiger partial charge in [-0.15, -0.1) is 11.3 Å². The van der Waals surface area contributed by atoms with Gasteiger partial charge >= 0.3 is 0 Å². The smallest absolute Gasteiger partial charge is 0.229 e. The first-order valence-electron chi connectivity index (χ1n) is 7.88. The molecule has 3 aromatic rings. The van der Waals surface area contributed by atoms with E-state index in [1.807, 2.05) is 29.6 Å². The molecular weight excluding hydrogens is 375 g/mol. The maximum absolute atomic E-state index is 12.4. The molecule has 0 radical (unpaired) electrons. The van der Waals surface area contributed by atoms with Crippen molar-refractivity contribution < 1.29 is 4.79 Å². The van der Waals surface area contributed by atoms with Crippen molar-refractivity contribution in [1.29, 1.82) is 0 Å². The number of nitrogens with zero attached hydrogens (tertiary/aromatic N) is 1. The number of halogens is 2. The van der Waals surface area contributed by atoms with Crippen LogP contribution >= 0.6 is 34.5 Å². The summed E-state index contributed by atoms with van der Waals surface area (Å²) in [5.74, 6) is 0.374. The monoisotopic (exact) mass is 388 g/mol. The van der Waals surface area contributed by atoms with Gasteiger partial charge in [-0.2, -0.15) is 0 Å². The number of nitrogens with one attached hydrogen (secondary N) is 1. The summed E-state index contributed by atoms with van der Waals surface area (Å²) in [7, 11) is 0. The third kappa shape index (κ3) is 3.56. The molecule has 1 saturated carbocycles. The molecular formula is C19H14Cl2N2OS. The molecule has 2 aromatic carbocycles. The van der Waals surface area contributed by atoms with Gasteiger partial charge in [0, 0.05) is 16.9 Å². The van der Waals surface area contributed by atoms with Crippen LogP contribution in [0.15, 0.2) is 53.9 Å². The summed E-state index contributed by atoms with van der Waals surface area (Å²) in [6, 6.07) is 15.5. The number of thiazole rings is 1. The predicted octanol–water partition coefficient (Wildman–Crippen LogP) is 5.86.